The van der Waals surface area contributed by atoms with Crippen LogP contribution in [-0.2, 0) is 4.79 Å². The van der Waals surface area contributed by atoms with Gasteiger partial charge in [-0.2, -0.15) is 0 Å². The first-order valence-corrected chi connectivity index (χ1v) is 11.0. The number of aliphatic hydroxyl groups is 1. The Morgan fingerprint density at radius 1 is 1.26 bits per heavy atom. The lowest BCUT2D eigenvalue weighted by Gasteiger charge is -2.52. The van der Waals surface area contributed by atoms with E-state index in [0.717, 1.165) is 11.3 Å². The fourth-order valence-corrected chi connectivity index (χ4v) is 5.62. The van der Waals surface area contributed by atoms with Crippen LogP contribution in [0.1, 0.15) is 52.1 Å². The molecule has 2 fully saturated rings. The minimum atomic E-state index is -1.10. The van der Waals surface area contributed by atoms with E-state index in [2.05, 4.69) is 10.2 Å². The number of fused-ring (bicyclic) bond motifs is 2. The van der Waals surface area contributed by atoms with Gasteiger partial charge in [0.1, 0.15) is 11.8 Å². The van der Waals surface area contributed by atoms with E-state index >= 15 is 0 Å². The lowest BCUT2D eigenvalue weighted by Crippen LogP contribution is -2.70. The summed E-state index contributed by atoms with van der Waals surface area (Å²) in [5, 5.41) is 23.9. The molecule has 3 aliphatic rings. The number of carbonyl (C=O) groups excluding carboxylic acids is 1. The summed E-state index contributed by atoms with van der Waals surface area (Å²) in [4.78, 5) is 29.3. The Kier molecular flexibility index (Phi) is 5.42. The molecule has 3 N–H and O–H groups in total. The van der Waals surface area contributed by atoms with E-state index in [1.807, 2.05) is 45.0 Å². The number of hydrogen-bond acceptors (Lipinski definition) is 5. The normalized spacial score (nSPS) is 33.3. The van der Waals surface area contributed by atoms with Crippen LogP contribution >= 0.6 is 0 Å². The summed E-state index contributed by atoms with van der Waals surface area (Å²) in [7, 11) is 0. The summed E-state index contributed by atoms with van der Waals surface area (Å²) >= 11 is 0. The zero-order valence-electron chi connectivity index (χ0n) is 18.7. The molecule has 0 radical (unpaired) electrons. The highest BCUT2D eigenvalue weighted by Gasteiger charge is 2.56. The molecule has 31 heavy (non-hydrogen) atoms. The number of nitrogens with one attached hydrogen (secondary N) is 1. The van der Waals surface area contributed by atoms with Crippen LogP contribution in [0.15, 0.2) is 24.3 Å². The Bertz CT molecular complexity index is 865. The molecule has 5 atom stereocenters. The highest BCUT2D eigenvalue weighted by molar-refractivity contribution is 5.86. The minimum absolute atomic E-state index is 0.126. The smallest absolute Gasteiger partial charge is 0.408 e. The first-order valence-electron chi connectivity index (χ1n) is 11.0. The van der Waals surface area contributed by atoms with Crippen molar-refractivity contribution in [3.63, 3.8) is 0 Å². The van der Waals surface area contributed by atoms with Crippen molar-refractivity contribution >= 4 is 12.0 Å². The number of rotatable bonds is 2. The summed E-state index contributed by atoms with van der Waals surface area (Å²) in [5.74, 6) is 0.448. The highest BCUT2D eigenvalue weighted by atomic mass is 16.5. The van der Waals surface area contributed by atoms with Gasteiger partial charge in [-0.25, -0.2) is 4.79 Å². The van der Waals surface area contributed by atoms with Crippen LogP contribution in [0.4, 0.5) is 4.79 Å². The molecule has 0 bridgehead atoms. The molecule has 1 unspecified atom stereocenters. The Hall–Kier alpha value is -2.32. The predicted molar refractivity (Wildman–Crippen MR) is 115 cm³/mol. The molecule has 3 aliphatic heterocycles. The monoisotopic (exact) mass is 431 g/mol. The van der Waals surface area contributed by atoms with Gasteiger partial charge in [-0.1, -0.05) is 39.0 Å². The van der Waals surface area contributed by atoms with E-state index in [4.69, 9.17) is 4.74 Å². The lowest BCUT2D eigenvalue weighted by atomic mass is 9.77. The van der Waals surface area contributed by atoms with Crippen molar-refractivity contribution in [3.05, 3.63) is 29.8 Å². The summed E-state index contributed by atoms with van der Waals surface area (Å²) in [5.41, 5.74) is -0.385. The van der Waals surface area contributed by atoms with Gasteiger partial charge in [-0.3, -0.25) is 14.6 Å². The van der Waals surface area contributed by atoms with Gasteiger partial charge in [0.2, 0.25) is 5.91 Å². The van der Waals surface area contributed by atoms with Gasteiger partial charge in [-0.15, -0.1) is 0 Å². The van der Waals surface area contributed by atoms with Gasteiger partial charge in [0.25, 0.3) is 0 Å². The Balaban J connectivity index is 1.63. The van der Waals surface area contributed by atoms with Crippen LogP contribution in [0.5, 0.6) is 5.75 Å². The van der Waals surface area contributed by atoms with E-state index in [1.54, 1.807) is 6.92 Å². The van der Waals surface area contributed by atoms with Crippen LogP contribution in [0.3, 0.4) is 0 Å². The second kappa shape index (κ2) is 7.67. The van der Waals surface area contributed by atoms with Gasteiger partial charge >= 0.3 is 6.09 Å². The number of piperazine rings is 1. The molecule has 1 aromatic rings. The standard InChI is InChI=1S/C23H33N3O5/c1-22(2,3)19-16-11-23(4,30)13-25(16)12-17(26(19)21(28)29)20(27)24-15-9-10-31-18-8-6-5-7-14(15)18/h5-8,15-17,19,30H,9-13H2,1-4H3,(H,24,27)(H,28,29)/t15-,16-,17+,19?,23-/m1/s1. The van der Waals surface area contributed by atoms with Crippen molar-refractivity contribution in [2.24, 2.45) is 5.41 Å². The van der Waals surface area contributed by atoms with Gasteiger partial charge in [0, 0.05) is 31.1 Å². The van der Waals surface area contributed by atoms with Crippen molar-refractivity contribution in [3.8, 4) is 5.75 Å². The molecular weight excluding hydrogens is 398 g/mol. The van der Waals surface area contributed by atoms with Crippen molar-refractivity contribution in [1.82, 2.24) is 15.1 Å². The maximum absolute atomic E-state index is 13.5. The first-order chi connectivity index (χ1) is 14.5. The van der Waals surface area contributed by atoms with Gasteiger partial charge < -0.3 is 20.3 Å². The molecule has 0 spiro atoms. The molecule has 2 saturated heterocycles. The minimum Gasteiger partial charge on any atom is -0.493 e. The summed E-state index contributed by atoms with van der Waals surface area (Å²) in [6, 6.07) is 6.00. The Morgan fingerprint density at radius 3 is 2.65 bits per heavy atom. The zero-order valence-corrected chi connectivity index (χ0v) is 18.7. The number of nitrogens with zero attached hydrogens (tertiary/aromatic N) is 2. The second-order valence-corrected chi connectivity index (χ2v) is 10.5. The first kappa shape index (κ1) is 21.9. The number of amides is 2. The van der Waals surface area contributed by atoms with Gasteiger partial charge in [0.05, 0.1) is 24.3 Å². The lowest BCUT2D eigenvalue weighted by molar-refractivity contribution is -0.134. The summed E-state index contributed by atoms with van der Waals surface area (Å²) < 4.78 is 5.69. The van der Waals surface area contributed by atoms with Crippen LogP contribution in [0.25, 0.3) is 0 Å². The van der Waals surface area contributed by atoms with E-state index in [0.29, 0.717) is 26.0 Å². The van der Waals surface area contributed by atoms with Crippen LogP contribution < -0.4 is 10.1 Å². The van der Waals surface area contributed by atoms with Crippen molar-refractivity contribution < 1.29 is 24.5 Å². The number of hydrogen-bond donors (Lipinski definition) is 3. The predicted octanol–water partition coefficient (Wildman–Crippen LogP) is 2.23. The highest BCUT2D eigenvalue weighted by Crippen LogP contribution is 2.42. The third-order valence-corrected chi connectivity index (χ3v) is 6.75. The number of benzene rings is 1. The summed E-state index contributed by atoms with van der Waals surface area (Å²) in [6.45, 7) is 8.97. The van der Waals surface area contributed by atoms with Crippen molar-refractivity contribution in [1.29, 1.82) is 0 Å². The van der Waals surface area contributed by atoms with E-state index in [1.165, 1.54) is 4.90 Å². The maximum Gasteiger partial charge on any atom is 0.408 e. The number of para-hydroxylation sites is 1. The Labute approximate surface area is 183 Å². The average Bonchev–Trinajstić information content (AvgIpc) is 2.99. The van der Waals surface area contributed by atoms with Crippen LogP contribution in [0.2, 0.25) is 0 Å². The fraction of sp³-hybridized carbons (Fsp3) is 0.652. The Morgan fingerprint density at radius 2 is 1.97 bits per heavy atom. The average molecular weight is 432 g/mol. The quantitative estimate of drug-likeness (QED) is 0.664. The molecule has 8 heteroatoms. The fourth-order valence-electron chi connectivity index (χ4n) is 5.62. The molecule has 0 aliphatic carbocycles. The van der Waals surface area contributed by atoms with Crippen LogP contribution in [-0.4, -0.2) is 75.4 Å². The molecule has 1 aromatic carbocycles. The van der Waals surface area contributed by atoms with Gasteiger partial charge in [-0.05, 0) is 24.8 Å². The number of carboxylic acid groups (broad SMARTS) is 1. The maximum atomic E-state index is 13.5. The number of carbonyl (C=O) groups is 2. The molecule has 8 nitrogen and oxygen atoms in total. The third-order valence-electron chi connectivity index (χ3n) is 6.75. The summed E-state index contributed by atoms with van der Waals surface area (Å²) in [6.07, 6.45) is 0.0193. The molecule has 170 valence electrons. The van der Waals surface area contributed by atoms with Crippen LogP contribution in [0, 0.1) is 5.41 Å². The molecule has 3 heterocycles. The largest absolute Gasteiger partial charge is 0.493 e. The topological polar surface area (TPSA) is 102 Å². The SMILES string of the molecule is CC(C)(C)C1[C@H]2C[C@@](C)(O)CN2C[C@@H](C(=O)N[C@@H]2CCOc3ccccc32)N1C(=O)O. The van der Waals surface area contributed by atoms with Crippen molar-refractivity contribution in [2.75, 3.05) is 19.7 Å². The molecular formula is C23H33N3O5. The second-order valence-electron chi connectivity index (χ2n) is 10.5. The van der Waals surface area contributed by atoms with Crippen molar-refractivity contribution in [2.45, 2.75) is 70.3 Å². The van der Waals surface area contributed by atoms with E-state index in [9.17, 15) is 19.8 Å². The van der Waals surface area contributed by atoms with E-state index in [-0.39, 0.29) is 24.5 Å². The third kappa shape index (κ3) is 4.11. The molecule has 2 amide bonds. The molecule has 4 rings (SSSR count). The zero-order chi connectivity index (χ0) is 22.6. The molecule has 0 aromatic heterocycles. The van der Waals surface area contributed by atoms with Gasteiger partial charge in [0.15, 0.2) is 0 Å². The van der Waals surface area contributed by atoms with E-state index < -0.39 is 29.2 Å². The number of ether oxygens (including phenoxy) is 1. The molecule has 0 saturated carbocycles.